The van der Waals surface area contributed by atoms with Gasteiger partial charge in [-0.1, -0.05) is 60.7 Å². The first-order valence-corrected chi connectivity index (χ1v) is 10.5. The number of pyridine rings is 1. The second kappa shape index (κ2) is 8.88. The highest BCUT2D eigenvalue weighted by molar-refractivity contribution is 7.14. The highest BCUT2D eigenvalue weighted by atomic mass is 32.1. The first kappa shape index (κ1) is 19.8. The molecule has 0 bridgehead atoms. The Morgan fingerprint density at radius 3 is 2.43 bits per heavy atom. The molecule has 0 spiro atoms. The summed E-state index contributed by atoms with van der Waals surface area (Å²) in [7, 11) is 1.66. The molecule has 0 saturated carbocycles. The number of aryl methyl sites for hydroxylation is 1. The Bertz CT molecular complexity index is 1200. The van der Waals surface area contributed by atoms with Crippen LogP contribution in [0, 0.1) is 0 Å². The first-order chi connectivity index (χ1) is 14.6. The molecule has 0 atom stereocenters. The van der Waals surface area contributed by atoms with Crippen molar-refractivity contribution in [2.24, 2.45) is 7.05 Å². The van der Waals surface area contributed by atoms with E-state index in [0.717, 1.165) is 16.8 Å². The lowest BCUT2D eigenvalue weighted by Gasteiger charge is -2.20. The fourth-order valence-electron chi connectivity index (χ4n) is 3.14. The summed E-state index contributed by atoms with van der Waals surface area (Å²) in [6, 6.07) is 23.0. The third kappa shape index (κ3) is 4.39. The van der Waals surface area contributed by atoms with Crippen LogP contribution < -0.4 is 10.5 Å². The van der Waals surface area contributed by atoms with E-state index in [-0.39, 0.29) is 11.5 Å². The molecular weight excluding hydrogens is 394 g/mol. The zero-order valence-corrected chi connectivity index (χ0v) is 17.4. The van der Waals surface area contributed by atoms with Crippen molar-refractivity contribution >= 4 is 22.4 Å². The standard InChI is InChI=1S/C24H21N3O2S/c1-26-14-13-20(16-22(26)28)23(29)27(15-12-18-8-4-2-5-9-18)24-25-21(17-30-24)19-10-6-3-7-11-19/h2-11,13-14,16-17H,12,15H2,1H3. The molecule has 0 saturated heterocycles. The molecule has 150 valence electrons. The molecule has 0 N–H and O–H groups in total. The van der Waals surface area contributed by atoms with Crippen molar-refractivity contribution in [2.75, 3.05) is 11.4 Å². The predicted octanol–water partition coefficient (Wildman–Crippen LogP) is 4.40. The minimum absolute atomic E-state index is 0.215. The third-order valence-corrected chi connectivity index (χ3v) is 5.72. The fraction of sp³-hybridized carbons (Fsp3) is 0.125. The molecule has 0 aliphatic heterocycles. The molecule has 0 aliphatic carbocycles. The molecule has 4 aromatic rings. The maximum absolute atomic E-state index is 13.3. The van der Waals surface area contributed by atoms with Crippen LogP contribution in [0.15, 0.2) is 89.2 Å². The Morgan fingerprint density at radius 2 is 1.73 bits per heavy atom. The van der Waals surface area contributed by atoms with Crippen LogP contribution >= 0.6 is 11.3 Å². The number of anilines is 1. The Kier molecular flexibility index (Phi) is 5.86. The third-order valence-electron chi connectivity index (χ3n) is 4.86. The van der Waals surface area contributed by atoms with E-state index in [2.05, 4.69) is 0 Å². The van der Waals surface area contributed by atoms with E-state index in [9.17, 15) is 9.59 Å². The summed E-state index contributed by atoms with van der Waals surface area (Å²) >= 11 is 1.43. The van der Waals surface area contributed by atoms with E-state index >= 15 is 0 Å². The van der Waals surface area contributed by atoms with E-state index in [4.69, 9.17) is 4.98 Å². The average molecular weight is 416 g/mol. The van der Waals surface area contributed by atoms with Crippen molar-refractivity contribution in [1.82, 2.24) is 9.55 Å². The second-order valence-corrected chi connectivity index (χ2v) is 7.77. The van der Waals surface area contributed by atoms with Crippen molar-refractivity contribution in [1.29, 1.82) is 0 Å². The molecule has 0 fully saturated rings. The lowest BCUT2D eigenvalue weighted by Crippen LogP contribution is -2.34. The first-order valence-electron chi connectivity index (χ1n) is 9.65. The van der Waals surface area contributed by atoms with Gasteiger partial charge in [0.2, 0.25) is 0 Å². The topological polar surface area (TPSA) is 55.2 Å². The molecule has 1 amide bonds. The number of thiazole rings is 1. The van der Waals surface area contributed by atoms with Crippen molar-refractivity contribution in [3.05, 3.63) is 106 Å². The van der Waals surface area contributed by atoms with Crippen LogP contribution in [0.1, 0.15) is 15.9 Å². The minimum Gasteiger partial charge on any atom is -0.319 e. The number of hydrogen-bond donors (Lipinski definition) is 0. The Balaban J connectivity index is 1.66. The number of carbonyl (C=O) groups is 1. The summed E-state index contributed by atoms with van der Waals surface area (Å²) in [6.07, 6.45) is 2.31. The Morgan fingerprint density at radius 1 is 1.03 bits per heavy atom. The Labute approximate surface area is 178 Å². The average Bonchev–Trinajstić information content (AvgIpc) is 3.27. The van der Waals surface area contributed by atoms with Crippen LogP contribution in [0.3, 0.4) is 0 Å². The number of benzene rings is 2. The van der Waals surface area contributed by atoms with E-state index in [0.29, 0.717) is 23.7 Å². The van der Waals surface area contributed by atoms with Gasteiger partial charge in [-0.25, -0.2) is 4.98 Å². The van der Waals surface area contributed by atoms with E-state index in [1.54, 1.807) is 24.2 Å². The maximum Gasteiger partial charge on any atom is 0.260 e. The summed E-state index contributed by atoms with van der Waals surface area (Å²) in [4.78, 5) is 31.8. The summed E-state index contributed by atoms with van der Waals surface area (Å²) in [5.41, 5.74) is 3.12. The molecule has 0 aliphatic rings. The molecule has 2 heterocycles. The monoisotopic (exact) mass is 415 g/mol. The van der Waals surface area contributed by atoms with Gasteiger partial charge in [0.1, 0.15) is 0 Å². The van der Waals surface area contributed by atoms with Crippen LogP contribution in [-0.2, 0) is 13.5 Å². The quantitative estimate of drug-likeness (QED) is 0.469. The van der Waals surface area contributed by atoms with E-state index in [1.807, 2.05) is 66.0 Å². The fourth-order valence-corrected chi connectivity index (χ4v) is 4.00. The molecule has 4 rings (SSSR count). The smallest absolute Gasteiger partial charge is 0.260 e. The van der Waals surface area contributed by atoms with Crippen molar-refractivity contribution in [3.63, 3.8) is 0 Å². The molecule has 30 heavy (non-hydrogen) atoms. The van der Waals surface area contributed by atoms with Gasteiger partial charge < -0.3 is 4.57 Å². The molecule has 0 unspecified atom stereocenters. The van der Waals surface area contributed by atoms with Crippen molar-refractivity contribution < 1.29 is 4.79 Å². The van der Waals surface area contributed by atoms with Crippen LogP contribution in [0.4, 0.5) is 5.13 Å². The lowest BCUT2D eigenvalue weighted by atomic mass is 10.1. The highest BCUT2D eigenvalue weighted by Crippen LogP contribution is 2.28. The SMILES string of the molecule is Cn1ccc(C(=O)N(CCc2ccccc2)c2nc(-c3ccccc3)cs2)cc1=O. The van der Waals surface area contributed by atoms with Crippen LogP contribution in [0.2, 0.25) is 0 Å². The van der Waals surface area contributed by atoms with Gasteiger partial charge in [-0.3, -0.25) is 14.5 Å². The summed E-state index contributed by atoms with van der Waals surface area (Å²) in [5.74, 6) is -0.224. The van der Waals surface area contributed by atoms with Gasteiger partial charge in [0.25, 0.3) is 11.5 Å². The number of carbonyl (C=O) groups excluding carboxylic acids is 1. The van der Waals surface area contributed by atoms with Gasteiger partial charge in [-0.2, -0.15) is 0 Å². The Hall–Kier alpha value is -3.51. The number of rotatable bonds is 6. The second-order valence-electron chi connectivity index (χ2n) is 6.94. The number of aromatic nitrogens is 2. The van der Waals surface area contributed by atoms with Gasteiger partial charge >= 0.3 is 0 Å². The molecule has 0 radical (unpaired) electrons. The van der Waals surface area contributed by atoms with E-state index < -0.39 is 0 Å². The van der Waals surface area contributed by atoms with Crippen LogP contribution in [-0.4, -0.2) is 22.0 Å². The summed E-state index contributed by atoms with van der Waals surface area (Å²) in [5, 5.41) is 2.58. The zero-order chi connectivity index (χ0) is 20.9. The van der Waals surface area contributed by atoms with Crippen LogP contribution in [0.5, 0.6) is 0 Å². The number of nitrogens with zero attached hydrogens (tertiary/aromatic N) is 3. The van der Waals surface area contributed by atoms with Crippen molar-refractivity contribution in [2.45, 2.75) is 6.42 Å². The lowest BCUT2D eigenvalue weighted by molar-refractivity contribution is 0.0987. The maximum atomic E-state index is 13.3. The molecule has 2 aromatic heterocycles. The van der Waals surface area contributed by atoms with Gasteiger partial charge in [0.05, 0.1) is 5.69 Å². The van der Waals surface area contributed by atoms with Gasteiger partial charge in [0, 0.05) is 42.4 Å². The molecule has 2 aromatic carbocycles. The van der Waals surface area contributed by atoms with E-state index in [1.165, 1.54) is 22.0 Å². The van der Waals surface area contributed by atoms with Gasteiger partial charge in [-0.05, 0) is 18.1 Å². The summed E-state index contributed by atoms with van der Waals surface area (Å²) in [6.45, 7) is 0.472. The van der Waals surface area contributed by atoms with Gasteiger partial charge in [-0.15, -0.1) is 11.3 Å². The zero-order valence-electron chi connectivity index (χ0n) is 16.6. The van der Waals surface area contributed by atoms with Gasteiger partial charge in [0.15, 0.2) is 5.13 Å². The molecule has 6 heteroatoms. The number of hydrogen-bond acceptors (Lipinski definition) is 4. The number of amides is 1. The molecular formula is C24H21N3O2S. The van der Waals surface area contributed by atoms with Crippen LogP contribution in [0.25, 0.3) is 11.3 Å². The summed E-state index contributed by atoms with van der Waals surface area (Å²) < 4.78 is 1.45. The highest BCUT2D eigenvalue weighted by Gasteiger charge is 2.21. The molecule has 5 nitrogen and oxygen atoms in total. The predicted molar refractivity (Wildman–Crippen MR) is 121 cm³/mol. The minimum atomic E-state index is -0.224. The normalized spacial score (nSPS) is 10.7. The largest absolute Gasteiger partial charge is 0.319 e. The van der Waals surface area contributed by atoms with Crippen molar-refractivity contribution in [3.8, 4) is 11.3 Å².